The van der Waals surface area contributed by atoms with E-state index in [0.717, 1.165) is 6.42 Å². The van der Waals surface area contributed by atoms with Gasteiger partial charge in [0.05, 0.1) is 12.7 Å². The maximum Gasteiger partial charge on any atom is 0.256 e. The number of nitrogens with two attached hydrogens (primary N) is 1. The Morgan fingerprint density at radius 2 is 2.14 bits per heavy atom. The average molecular weight is 317 g/mol. The van der Waals surface area contributed by atoms with Crippen LogP contribution in [0.5, 0.6) is 5.75 Å². The van der Waals surface area contributed by atoms with Crippen LogP contribution >= 0.6 is 12.4 Å². The summed E-state index contributed by atoms with van der Waals surface area (Å²) in [6, 6.07) is 4.36. The highest BCUT2D eigenvalue weighted by Crippen LogP contribution is 2.29. The number of rotatable bonds is 2. The van der Waals surface area contributed by atoms with E-state index in [1.165, 1.54) is 19.2 Å². The molecule has 2 N–H and O–H groups in total. The zero-order valence-corrected chi connectivity index (χ0v) is 13.4. The number of halogens is 2. The largest absolute Gasteiger partial charge is 0.497 e. The highest BCUT2D eigenvalue weighted by atomic mass is 35.5. The first kappa shape index (κ1) is 17.7. The van der Waals surface area contributed by atoms with Crippen molar-refractivity contribution in [2.75, 3.05) is 20.2 Å². The number of amides is 1. The number of methoxy groups -OCH3 is 1. The highest BCUT2D eigenvalue weighted by molar-refractivity contribution is 5.94. The molecular weight excluding hydrogens is 295 g/mol. The number of carbonyl (C=O) groups is 1. The molecule has 1 aliphatic rings. The molecule has 0 saturated carbocycles. The molecule has 4 nitrogen and oxygen atoms in total. The fourth-order valence-electron chi connectivity index (χ4n) is 2.51. The Kier molecular flexibility index (Phi) is 5.59. The molecule has 0 aromatic heterocycles. The van der Waals surface area contributed by atoms with Crippen LogP contribution in [-0.4, -0.2) is 37.0 Å². The van der Waals surface area contributed by atoms with E-state index in [2.05, 4.69) is 0 Å². The third-order valence-corrected chi connectivity index (χ3v) is 4.01. The molecule has 0 radical (unpaired) electrons. The van der Waals surface area contributed by atoms with Gasteiger partial charge in [0.2, 0.25) is 0 Å². The number of benzene rings is 1. The highest BCUT2D eigenvalue weighted by Gasteiger charge is 2.36. The van der Waals surface area contributed by atoms with Gasteiger partial charge in [-0.05, 0) is 24.0 Å². The predicted molar refractivity (Wildman–Crippen MR) is 82.5 cm³/mol. The van der Waals surface area contributed by atoms with Crippen LogP contribution in [0.2, 0.25) is 0 Å². The molecule has 6 heteroatoms. The van der Waals surface area contributed by atoms with E-state index in [0.29, 0.717) is 18.8 Å². The summed E-state index contributed by atoms with van der Waals surface area (Å²) in [6.45, 7) is 5.16. The minimum atomic E-state index is -0.554. The van der Waals surface area contributed by atoms with E-state index in [4.69, 9.17) is 10.5 Å². The smallest absolute Gasteiger partial charge is 0.256 e. The Morgan fingerprint density at radius 1 is 1.48 bits per heavy atom. The normalized spacial score (nSPS) is 20.6. The topological polar surface area (TPSA) is 55.6 Å². The Hall–Kier alpha value is -1.33. The van der Waals surface area contributed by atoms with Gasteiger partial charge < -0.3 is 15.4 Å². The van der Waals surface area contributed by atoms with Crippen LogP contribution in [0, 0.1) is 11.2 Å². The van der Waals surface area contributed by atoms with E-state index in [-0.39, 0.29) is 35.3 Å². The number of hydrogen-bond acceptors (Lipinski definition) is 3. The Balaban J connectivity index is 0.00000220. The summed E-state index contributed by atoms with van der Waals surface area (Å²) in [7, 11) is 1.46. The third kappa shape index (κ3) is 3.66. The predicted octanol–water partition coefficient (Wildman–Crippen LogP) is 2.46. The lowest BCUT2D eigenvalue weighted by molar-refractivity contribution is 0.0528. The lowest BCUT2D eigenvalue weighted by atomic mass is 9.79. The fraction of sp³-hybridized carbons (Fsp3) is 0.533. The van der Waals surface area contributed by atoms with Gasteiger partial charge in [-0.15, -0.1) is 12.4 Å². The van der Waals surface area contributed by atoms with Gasteiger partial charge in [0.1, 0.15) is 11.6 Å². The van der Waals surface area contributed by atoms with Crippen LogP contribution in [0.3, 0.4) is 0 Å². The SMILES string of the molecule is COc1ccc(C(=O)N2CCC(N)C(C)(C)C2)c(F)c1.Cl. The lowest BCUT2D eigenvalue weighted by Gasteiger charge is -2.42. The van der Waals surface area contributed by atoms with Gasteiger partial charge in [-0.25, -0.2) is 4.39 Å². The molecule has 1 atom stereocenters. The minimum Gasteiger partial charge on any atom is -0.497 e. The fourth-order valence-corrected chi connectivity index (χ4v) is 2.51. The first-order valence-corrected chi connectivity index (χ1v) is 6.73. The van der Waals surface area contributed by atoms with Gasteiger partial charge in [0.15, 0.2) is 0 Å². The maximum absolute atomic E-state index is 14.0. The molecule has 1 amide bonds. The van der Waals surface area contributed by atoms with Crippen LogP contribution in [0.1, 0.15) is 30.6 Å². The van der Waals surface area contributed by atoms with Gasteiger partial charge in [-0.2, -0.15) is 0 Å². The number of likely N-dealkylation sites (tertiary alicyclic amines) is 1. The summed E-state index contributed by atoms with van der Waals surface area (Å²) in [6.07, 6.45) is 0.733. The molecule has 1 heterocycles. The van der Waals surface area contributed by atoms with Crippen LogP contribution in [0.4, 0.5) is 4.39 Å². The molecule has 0 aliphatic carbocycles. The molecule has 1 aliphatic heterocycles. The van der Waals surface area contributed by atoms with Gasteiger partial charge in [0.25, 0.3) is 5.91 Å². The molecule has 0 spiro atoms. The van der Waals surface area contributed by atoms with Crippen LogP contribution in [0.15, 0.2) is 18.2 Å². The second-order valence-electron chi connectivity index (χ2n) is 5.96. The molecule has 118 valence electrons. The van der Waals surface area contributed by atoms with Gasteiger partial charge in [0, 0.05) is 25.2 Å². The second kappa shape index (κ2) is 6.62. The number of hydrogen-bond donors (Lipinski definition) is 1. The molecule has 1 aromatic carbocycles. The molecule has 1 saturated heterocycles. The Labute approximate surface area is 130 Å². The van der Waals surface area contributed by atoms with Crippen LogP contribution in [0.25, 0.3) is 0 Å². The monoisotopic (exact) mass is 316 g/mol. The van der Waals surface area contributed by atoms with E-state index in [1.54, 1.807) is 11.0 Å². The summed E-state index contributed by atoms with van der Waals surface area (Å²) in [5.74, 6) is -0.438. The van der Waals surface area contributed by atoms with Gasteiger partial charge in [-0.1, -0.05) is 13.8 Å². The second-order valence-corrected chi connectivity index (χ2v) is 5.96. The van der Waals surface area contributed by atoms with Crippen LogP contribution < -0.4 is 10.5 Å². The zero-order chi connectivity index (χ0) is 14.9. The number of piperidine rings is 1. The molecule has 1 aromatic rings. The van der Waals surface area contributed by atoms with E-state index in [1.807, 2.05) is 13.8 Å². The quantitative estimate of drug-likeness (QED) is 0.912. The number of carbonyl (C=O) groups excluding carboxylic acids is 1. The first-order valence-electron chi connectivity index (χ1n) is 6.73. The summed E-state index contributed by atoms with van der Waals surface area (Å²) < 4.78 is 18.9. The summed E-state index contributed by atoms with van der Waals surface area (Å²) in [5.41, 5.74) is 5.98. The molecule has 2 rings (SSSR count). The minimum absolute atomic E-state index is 0. The number of ether oxygens (including phenoxy) is 1. The van der Waals surface area contributed by atoms with Crippen molar-refractivity contribution >= 4 is 18.3 Å². The molecular formula is C15H22ClFN2O2. The van der Waals surface area contributed by atoms with Gasteiger partial charge in [-0.3, -0.25) is 4.79 Å². The molecule has 0 bridgehead atoms. The summed E-state index contributed by atoms with van der Waals surface area (Å²) in [4.78, 5) is 14.1. The molecule has 1 fully saturated rings. The van der Waals surface area contributed by atoms with E-state index in [9.17, 15) is 9.18 Å². The number of nitrogens with zero attached hydrogens (tertiary/aromatic N) is 1. The van der Waals surface area contributed by atoms with E-state index < -0.39 is 5.82 Å². The van der Waals surface area contributed by atoms with Crippen molar-refractivity contribution < 1.29 is 13.9 Å². The van der Waals surface area contributed by atoms with Crippen molar-refractivity contribution in [1.82, 2.24) is 4.90 Å². The third-order valence-electron chi connectivity index (χ3n) is 4.01. The van der Waals surface area contributed by atoms with E-state index >= 15 is 0 Å². The Morgan fingerprint density at radius 3 is 2.67 bits per heavy atom. The average Bonchev–Trinajstić information content (AvgIpc) is 2.41. The van der Waals surface area contributed by atoms with Gasteiger partial charge >= 0.3 is 0 Å². The van der Waals surface area contributed by atoms with Crippen molar-refractivity contribution in [3.05, 3.63) is 29.6 Å². The van der Waals surface area contributed by atoms with Crippen LogP contribution in [-0.2, 0) is 0 Å². The Bertz CT molecular complexity index is 522. The van der Waals surface area contributed by atoms with Crippen molar-refractivity contribution in [1.29, 1.82) is 0 Å². The zero-order valence-electron chi connectivity index (χ0n) is 12.6. The van der Waals surface area contributed by atoms with Crippen molar-refractivity contribution in [2.45, 2.75) is 26.3 Å². The summed E-state index contributed by atoms with van der Waals surface area (Å²) in [5, 5.41) is 0. The summed E-state index contributed by atoms with van der Waals surface area (Å²) >= 11 is 0. The van der Waals surface area contributed by atoms with Crippen molar-refractivity contribution in [2.24, 2.45) is 11.1 Å². The molecule has 21 heavy (non-hydrogen) atoms. The standard InChI is InChI=1S/C15H21FN2O2.ClH/c1-15(2)9-18(7-6-13(15)17)14(19)11-5-4-10(20-3)8-12(11)16;/h4-5,8,13H,6-7,9,17H2,1-3H3;1H. The lowest BCUT2D eigenvalue weighted by Crippen LogP contribution is -2.54. The molecule has 1 unspecified atom stereocenters. The first-order chi connectivity index (χ1) is 9.35. The maximum atomic E-state index is 14.0. The van der Waals surface area contributed by atoms with Crippen molar-refractivity contribution in [3.8, 4) is 5.75 Å². The van der Waals surface area contributed by atoms with Crippen molar-refractivity contribution in [3.63, 3.8) is 0 Å².